The lowest BCUT2D eigenvalue weighted by Crippen LogP contribution is -2.47. The van der Waals surface area contributed by atoms with Crippen molar-refractivity contribution in [2.24, 2.45) is 17.8 Å². The fraction of sp³-hybridized carbons (Fsp3) is 1.00. The molecule has 0 amide bonds. The molecule has 0 aromatic heterocycles. The first-order chi connectivity index (χ1) is 8.40. The van der Waals surface area contributed by atoms with Gasteiger partial charge in [-0.25, -0.2) is 0 Å². The molecule has 0 radical (unpaired) electrons. The zero-order valence-electron chi connectivity index (χ0n) is 12.8. The van der Waals surface area contributed by atoms with Crippen LogP contribution in [-0.2, 0) is 0 Å². The monoisotopic (exact) mass is 256 g/mol. The molecule has 4 atom stereocenters. The van der Waals surface area contributed by atoms with E-state index >= 15 is 0 Å². The molecule has 1 fully saturated rings. The first-order valence-corrected chi connectivity index (χ1v) is 7.46. The number of hydrogen-bond donors (Lipinski definition) is 2. The van der Waals surface area contributed by atoms with E-state index < -0.39 is 0 Å². The maximum absolute atomic E-state index is 9.94. The summed E-state index contributed by atoms with van der Waals surface area (Å²) >= 11 is 0. The minimum absolute atomic E-state index is 0.259. The maximum Gasteiger partial charge on any atom is 0.0791 e. The topological polar surface area (TPSA) is 35.5 Å². The molecule has 1 saturated carbocycles. The van der Waals surface area contributed by atoms with Crippen LogP contribution in [0, 0.1) is 17.8 Å². The largest absolute Gasteiger partial charge is 0.390 e. The lowest BCUT2D eigenvalue weighted by molar-refractivity contribution is 0.110. The predicted octanol–water partition coefficient (Wildman–Crippen LogP) is 1.96. The quantitative estimate of drug-likeness (QED) is 0.762. The Balaban J connectivity index is 2.41. The molecule has 0 bridgehead atoms. The molecule has 0 aromatic carbocycles. The van der Waals surface area contributed by atoms with Crippen molar-refractivity contribution in [3.63, 3.8) is 0 Å². The highest BCUT2D eigenvalue weighted by atomic mass is 16.3. The average molecular weight is 256 g/mol. The molecule has 0 spiro atoms. The number of nitrogens with zero attached hydrogens (tertiary/aromatic N) is 1. The van der Waals surface area contributed by atoms with Crippen molar-refractivity contribution in [2.75, 3.05) is 27.2 Å². The standard InChI is InChI=1S/C15H32N2O/c1-11(2)14-7-6-12(3)8-15(14)16-9-13(18)10-17(4)5/h11-16,18H,6-10H2,1-5H3. The van der Waals surface area contributed by atoms with E-state index in [0.29, 0.717) is 6.04 Å². The van der Waals surface area contributed by atoms with Gasteiger partial charge in [-0.2, -0.15) is 0 Å². The number of aliphatic hydroxyl groups excluding tert-OH is 1. The van der Waals surface area contributed by atoms with Crippen molar-refractivity contribution in [3.05, 3.63) is 0 Å². The molecule has 18 heavy (non-hydrogen) atoms. The van der Waals surface area contributed by atoms with E-state index in [-0.39, 0.29) is 6.10 Å². The fourth-order valence-corrected chi connectivity index (χ4v) is 3.21. The molecule has 1 aliphatic carbocycles. The first-order valence-electron chi connectivity index (χ1n) is 7.46. The number of rotatable bonds is 6. The lowest BCUT2D eigenvalue weighted by atomic mass is 9.74. The highest BCUT2D eigenvalue weighted by Gasteiger charge is 2.30. The Labute approximate surface area is 113 Å². The smallest absolute Gasteiger partial charge is 0.0791 e. The lowest BCUT2D eigenvalue weighted by Gasteiger charge is -2.38. The molecule has 0 aromatic rings. The Kier molecular flexibility index (Phi) is 6.61. The number of likely N-dealkylation sites (N-methyl/N-ethyl adjacent to an activating group) is 1. The summed E-state index contributed by atoms with van der Waals surface area (Å²) in [5, 5.41) is 13.5. The number of hydrogen-bond acceptors (Lipinski definition) is 3. The van der Waals surface area contributed by atoms with Crippen LogP contribution in [0.2, 0.25) is 0 Å². The van der Waals surface area contributed by atoms with Crippen molar-refractivity contribution in [1.29, 1.82) is 0 Å². The van der Waals surface area contributed by atoms with Crippen LogP contribution in [-0.4, -0.2) is 49.3 Å². The Morgan fingerprint density at radius 2 is 1.94 bits per heavy atom. The van der Waals surface area contributed by atoms with Crippen molar-refractivity contribution in [3.8, 4) is 0 Å². The zero-order valence-corrected chi connectivity index (χ0v) is 12.8. The van der Waals surface area contributed by atoms with Crippen LogP contribution in [0.3, 0.4) is 0 Å². The molecule has 3 heteroatoms. The minimum atomic E-state index is -0.259. The van der Waals surface area contributed by atoms with Crippen LogP contribution in [0.25, 0.3) is 0 Å². The molecule has 0 aliphatic heterocycles. The van der Waals surface area contributed by atoms with Crippen LogP contribution in [0.5, 0.6) is 0 Å². The molecular formula is C15H32N2O. The third kappa shape index (κ3) is 5.25. The summed E-state index contributed by atoms with van der Waals surface area (Å²) in [6, 6.07) is 0.588. The SMILES string of the molecule is CC1CCC(C(C)C)C(NCC(O)CN(C)C)C1. The van der Waals surface area contributed by atoms with Gasteiger partial charge in [0.05, 0.1) is 6.10 Å². The Morgan fingerprint density at radius 3 is 2.50 bits per heavy atom. The van der Waals surface area contributed by atoms with E-state index in [4.69, 9.17) is 0 Å². The van der Waals surface area contributed by atoms with Crippen molar-refractivity contribution in [1.82, 2.24) is 10.2 Å². The third-order valence-electron chi connectivity index (χ3n) is 4.21. The molecule has 0 heterocycles. The van der Waals surface area contributed by atoms with Crippen LogP contribution >= 0.6 is 0 Å². The van der Waals surface area contributed by atoms with E-state index in [9.17, 15) is 5.11 Å². The summed E-state index contributed by atoms with van der Waals surface area (Å²) in [5.41, 5.74) is 0. The van der Waals surface area contributed by atoms with Gasteiger partial charge in [-0.1, -0.05) is 27.2 Å². The maximum atomic E-state index is 9.94. The average Bonchev–Trinajstić information content (AvgIpc) is 2.25. The van der Waals surface area contributed by atoms with E-state index in [1.165, 1.54) is 19.3 Å². The minimum Gasteiger partial charge on any atom is -0.390 e. The van der Waals surface area contributed by atoms with Crippen LogP contribution in [0.1, 0.15) is 40.0 Å². The molecular weight excluding hydrogens is 224 g/mol. The summed E-state index contributed by atoms with van der Waals surface area (Å²) in [4.78, 5) is 2.04. The second-order valence-electron chi connectivity index (χ2n) is 6.76. The van der Waals surface area contributed by atoms with Gasteiger partial charge in [0.1, 0.15) is 0 Å². The summed E-state index contributed by atoms with van der Waals surface area (Å²) in [5.74, 6) is 2.33. The summed E-state index contributed by atoms with van der Waals surface area (Å²) < 4.78 is 0. The van der Waals surface area contributed by atoms with Crippen LogP contribution in [0.15, 0.2) is 0 Å². The van der Waals surface area contributed by atoms with Gasteiger partial charge in [-0.3, -0.25) is 0 Å². The highest BCUT2D eigenvalue weighted by molar-refractivity contribution is 4.86. The van der Waals surface area contributed by atoms with Gasteiger partial charge in [-0.05, 0) is 44.7 Å². The Hall–Kier alpha value is -0.120. The first kappa shape index (κ1) is 15.9. The molecule has 1 aliphatic rings. The van der Waals surface area contributed by atoms with Gasteiger partial charge in [-0.15, -0.1) is 0 Å². The number of nitrogens with one attached hydrogen (secondary N) is 1. The van der Waals surface area contributed by atoms with Gasteiger partial charge >= 0.3 is 0 Å². The summed E-state index contributed by atoms with van der Waals surface area (Å²) in [7, 11) is 4.01. The van der Waals surface area contributed by atoms with Crippen LogP contribution < -0.4 is 5.32 Å². The normalized spacial score (nSPS) is 31.0. The van der Waals surface area contributed by atoms with Crippen molar-refractivity contribution >= 4 is 0 Å². The zero-order chi connectivity index (χ0) is 13.7. The van der Waals surface area contributed by atoms with Crippen molar-refractivity contribution in [2.45, 2.75) is 52.2 Å². The van der Waals surface area contributed by atoms with Gasteiger partial charge < -0.3 is 15.3 Å². The van der Waals surface area contributed by atoms with Crippen molar-refractivity contribution < 1.29 is 5.11 Å². The molecule has 0 saturated heterocycles. The van der Waals surface area contributed by atoms with E-state index in [1.807, 2.05) is 19.0 Å². The van der Waals surface area contributed by atoms with E-state index in [1.54, 1.807) is 0 Å². The third-order valence-corrected chi connectivity index (χ3v) is 4.21. The molecule has 2 N–H and O–H groups in total. The highest BCUT2D eigenvalue weighted by Crippen LogP contribution is 2.33. The van der Waals surface area contributed by atoms with Gasteiger partial charge in [0.15, 0.2) is 0 Å². The van der Waals surface area contributed by atoms with E-state index in [0.717, 1.165) is 30.8 Å². The van der Waals surface area contributed by atoms with Crippen LogP contribution in [0.4, 0.5) is 0 Å². The van der Waals surface area contributed by atoms with E-state index in [2.05, 4.69) is 26.1 Å². The Morgan fingerprint density at radius 1 is 1.28 bits per heavy atom. The second kappa shape index (κ2) is 7.46. The number of aliphatic hydroxyl groups is 1. The van der Waals surface area contributed by atoms with Gasteiger partial charge in [0.25, 0.3) is 0 Å². The fourth-order valence-electron chi connectivity index (χ4n) is 3.21. The molecule has 1 rings (SSSR count). The predicted molar refractivity (Wildman–Crippen MR) is 77.7 cm³/mol. The molecule has 108 valence electrons. The second-order valence-corrected chi connectivity index (χ2v) is 6.76. The molecule has 4 unspecified atom stereocenters. The van der Waals surface area contributed by atoms with Gasteiger partial charge in [0.2, 0.25) is 0 Å². The summed E-state index contributed by atoms with van der Waals surface area (Å²) in [6.45, 7) is 8.46. The van der Waals surface area contributed by atoms with Gasteiger partial charge in [0, 0.05) is 19.1 Å². The molecule has 3 nitrogen and oxygen atoms in total. The Bertz CT molecular complexity index is 231. The summed E-state index contributed by atoms with van der Waals surface area (Å²) in [6.07, 6.45) is 3.70.